The van der Waals surface area contributed by atoms with Crippen LogP contribution in [0.4, 0.5) is 0 Å². The van der Waals surface area contributed by atoms with Crippen LogP contribution in [0.15, 0.2) is 24.3 Å². The van der Waals surface area contributed by atoms with E-state index in [1.54, 1.807) is 12.1 Å². The van der Waals surface area contributed by atoms with Gasteiger partial charge in [0.05, 0.1) is 6.07 Å². The van der Waals surface area contributed by atoms with E-state index in [0.29, 0.717) is 24.3 Å². The molecule has 1 aromatic carbocycles. The minimum absolute atomic E-state index is 0.151. The van der Waals surface area contributed by atoms with Crippen molar-refractivity contribution in [2.24, 2.45) is 0 Å². The Hall–Kier alpha value is -2.22. The molecule has 5 nitrogen and oxygen atoms in total. The number of nitriles is 1. The molecule has 2 rings (SSSR count). The molecule has 0 radical (unpaired) electrons. The van der Waals surface area contributed by atoms with Crippen LogP contribution >= 0.6 is 0 Å². The first-order valence-electron chi connectivity index (χ1n) is 6.76. The molecule has 0 spiro atoms. The molecule has 0 saturated heterocycles. The van der Waals surface area contributed by atoms with E-state index < -0.39 is 11.6 Å². The highest BCUT2D eigenvalue weighted by atomic mass is 16.6. The molecule has 1 amide bonds. The molecule has 1 heterocycles. The van der Waals surface area contributed by atoms with Crippen LogP contribution in [-0.4, -0.2) is 24.2 Å². The minimum atomic E-state index is -0.836. The second-order valence-corrected chi connectivity index (χ2v) is 4.75. The Labute approximate surface area is 118 Å². The Balaban J connectivity index is 2.07. The predicted molar refractivity (Wildman–Crippen MR) is 73.4 cm³/mol. The molecule has 0 aliphatic carbocycles. The quantitative estimate of drug-likeness (QED) is 0.911. The van der Waals surface area contributed by atoms with Gasteiger partial charge in [-0.05, 0) is 25.0 Å². The average molecular weight is 274 g/mol. The summed E-state index contributed by atoms with van der Waals surface area (Å²) in [7, 11) is 0. The van der Waals surface area contributed by atoms with E-state index in [2.05, 4.69) is 11.4 Å². The summed E-state index contributed by atoms with van der Waals surface area (Å²) in [5.41, 5.74) is -0.836. The number of amides is 1. The number of nitrogens with one attached hydrogen (secondary N) is 1. The summed E-state index contributed by atoms with van der Waals surface area (Å²) in [5, 5.41) is 12.0. The SMILES string of the molecule is CCC(C#N)(CC)NC(=O)C1COc2ccccc2O1. The van der Waals surface area contributed by atoms with Crippen molar-refractivity contribution in [1.82, 2.24) is 5.32 Å². The van der Waals surface area contributed by atoms with Crippen LogP contribution in [-0.2, 0) is 4.79 Å². The fourth-order valence-corrected chi connectivity index (χ4v) is 2.08. The predicted octanol–water partition coefficient (Wildman–Crippen LogP) is 2.02. The van der Waals surface area contributed by atoms with Gasteiger partial charge in [-0.2, -0.15) is 5.26 Å². The van der Waals surface area contributed by atoms with Crippen molar-refractivity contribution in [2.75, 3.05) is 6.61 Å². The first-order valence-corrected chi connectivity index (χ1v) is 6.76. The van der Waals surface area contributed by atoms with Crippen LogP contribution in [0.5, 0.6) is 11.5 Å². The number of rotatable bonds is 4. The van der Waals surface area contributed by atoms with E-state index in [4.69, 9.17) is 9.47 Å². The number of fused-ring (bicyclic) bond motifs is 1. The molecule has 1 N–H and O–H groups in total. The topological polar surface area (TPSA) is 71.4 Å². The Morgan fingerprint density at radius 3 is 2.65 bits per heavy atom. The van der Waals surface area contributed by atoms with Gasteiger partial charge in [0.25, 0.3) is 5.91 Å². The molecule has 0 bridgehead atoms. The normalized spacial score (nSPS) is 17.1. The van der Waals surface area contributed by atoms with E-state index in [1.807, 2.05) is 26.0 Å². The highest BCUT2D eigenvalue weighted by Crippen LogP contribution is 2.31. The fourth-order valence-electron chi connectivity index (χ4n) is 2.08. The Kier molecular flexibility index (Phi) is 4.14. The third kappa shape index (κ3) is 2.69. The summed E-state index contributed by atoms with van der Waals surface area (Å²) < 4.78 is 11.1. The number of carbonyl (C=O) groups is 1. The zero-order valence-corrected chi connectivity index (χ0v) is 11.7. The van der Waals surface area contributed by atoms with E-state index in [0.717, 1.165) is 0 Å². The number of ether oxygens (including phenoxy) is 2. The van der Waals surface area contributed by atoms with Crippen molar-refractivity contribution < 1.29 is 14.3 Å². The Morgan fingerprint density at radius 1 is 1.40 bits per heavy atom. The van der Waals surface area contributed by atoms with E-state index in [9.17, 15) is 10.1 Å². The molecule has 0 aromatic heterocycles. The van der Waals surface area contributed by atoms with E-state index >= 15 is 0 Å². The summed E-state index contributed by atoms with van der Waals surface area (Å²) in [4.78, 5) is 12.2. The van der Waals surface area contributed by atoms with Crippen LogP contribution in [0.3, 0.4) is 0 Å². The van der Waals surface area contributed by atoms with Crippen LogP contribution in [0, 0.1) is 11.3 Å². The zero-order chi connectivity index (χ0) is 14.6. The number of carbonyl (C=O) groups excluding carboxylic acids is 1. The van der Waals surface area contributed by atoms with Crippen molar-refractivity contribution in [3.63, 3.8) is 0 Å². The number of benzene rings is 1. The van der Waals surface area contributed by atoms with E-state index in [1.165, 1.54) is 0 Å². The molecule has 5 heteroatoms. The van der Waals surface area contributed by atoms with Gasteiger partial charge in [0.1, 0.15) is 12.1 Å². The van der Waals surface area contributed by atoms with Gasteiger partial charge in [0.2, 0.25) is 6.10 Å². The highest BCUT2D eigenvalue weighted by Gasteiger charge is 2.34. The smallest absolute Gasteiger partial charge is 0.265 e. The lowest BCUT2D eigenvalue weighted by molar-refractivity contribution is -0.131. The summed E-state index contributed by atoms with van der Waals surface area (Å²) >= 11 is 0. The van der Waals surface area contributed by atoms with Crippen molar-refractivity contribution in [3.8, 4) is 17.6 Å². The largest absolute Gasteiger partial charge is 0.485 e. The lowest BCUT2D eigenvalue weighted by Gasteiger charge is -2.30. The molecular weight excluding hydrogens is 256 g/mol. The number of para-hydroxylation sites is 2. The maximum Gasteiger partial charge on any atom is 0.265 e. The molecule has 1 aliphatic heterocycles. The van der Waals surface area contributed by atoms with Gasteiger partial charge < -0.3 is 14.8 Å². The molecule has 1 unspecified atom stereocenters. The van der Waals surface area contributed by atoms with Gasteiger partial charge in [-0.3, -0.25) is 4.79 Å². The van der Waals surface area contributed by atoms with Gasteiger partial charge in [-0.15, -0.1) is 0 Å². The first-order chi connectivity index (χ1) is 9.64. The second kappa shape index (κ2) is 5.83. The van der Waals surface area contributed by atoms with Crippen molar-refractivity contribution in [2.45, 2.75) is 38.3 Å². The van der Waals surface area contributed by atoms with Gasteiger partial charge >= 0.3 is 0 Å². The third-order valence-corrected chi connectivity index (χ3v) is 3.58. The average Bonchev–Trinajstić information content (AvgIpc) is 2.52. The van der Waals surface area contributed by atoms with Crippen LogP contribution in [0.2, 0.25) is 0 Å². The van der Waals surface area contributed by atoms with Crippen LogP contribution in [0.1, 0.15) is 26.7 Å². The minimum Gasteiger partial charge on any atom is -0.485 e. The first kappa shape index (κ1) is 14.2. The third-order valence-electron chi connectivity index (χ3n) is 3.58. The standard InChI is InChI=1S/C15H18N2O3/c1-3-15(4-2,10-16)17-14(18)13-9-19-11-7-5-6-8-12(11)20-13/h5-8,13H,3-4,9H2,1-2H3,(H,17,18). The maximum atomic E-state index is 12.2. The summed E-state index contributed by atoms with van der Waals surface area (Å²) in [6.45, 7) is 3.90. The van der Waals surface area contributed by atoms with Crippen molar-refractivity contribution in [1.29, 1.82) is 5.26 Å². The highest BCUT2D eigenvalue weighted by molar-refractivity contribution is 5.83. The zero-order valence-electron chi connectivity index (χ0n) is 11.7. The van der Waals surface area contributed by atoms with Crippen LogP contribution in [0.25, 0.3) is 0 Å². The lowest BCUT2D eigenvalue weighted by Crippen LogP contribution is -2.53. The van der Waals surface area contributed by atoms with E-state index in [-0.39, 0.29) is 12.5 Å². The molecule has 106 valence electrons. The fraction of sp³-hybridized carbons (Fsp3) is 0.467. The maximum absolute atomic E-state index is 12.2. The number of hydrogen-bond donors (Lipinski definition) is 1. The molecule has 1 aliphatic rings. The second-order valence-electron chi connectivity index (χ2n) is 4.75. The summed E-state index contributed by atoms with van der Waals surface area (Å²) in [6.07, 6.45) is 0.377. The van der Waals surface area contributed by atoms with Gasteiger partial charge in [-0.25, -0.2) is 0 Å². The number of hydrogen-bond acceptors (Lipinski definition) is 4. The van der Waals surface area contributed by atoms with Gasteiger partial charge in [0, 0.05) is 0 Å². The molecule has 0 saturated carbocycles. The molecule has 1 atom stereocenters. The van der Waals surface area contributed by atoms with Crippen molar-refractivity contribution in [3.05, 3.63) is 24.3 Å². The molecule has 0 fully saturated rings. The Bertz CT molecular complexity index is 532. The number of nitrogens with zero attached hydrogens (tertiary/aromatic N) is 1. The van der Waals surface area contributed by atoms with Gasteiger partial charge in [0.15, 0.2) is 11.5 Å². The molecular formula is C15H18N2O3. The summed E-state index contributed by atoms with van der Waals surface area (Å²) in [5.74, 6) is 0.869. The summed E-state index contributed by atoms with van der Waals surface area (Å²) in [6, 6.07) is 9.39. The Morgan fingerprint density at radius 2 is 2.05 bits per heavy atom. The monoisotopic (exact) mass is 274 g/mol. The molecule has 20 heavy (non-hydrogen) atoms. The van der Waals surface area contributed by atoms with Gasteiger partial charge in [-0.1, -0.05) is 26.0 Å². The van der Waals surface area contributed by atoms with Crippen molar-refractivity contribution >= 4 is 5.91 Å². The lowest BCUT2D eigenvalue weighted by atomic mass is 9.94. The van der Waals surface area contributed by atoms with Crippen LogP contribution < -0.4 is 14.8 Å². The molecule has 1 aromatic rings.